The maximum atomic E-state index is 12.7. The van der Waals surface area contributed by atoms with E-state index in [9.17, 15) is 4.79 Å². The molecule has 4 rings (SSSR count). The number of carbonyl (C=O) groups is 1. The number of hydrogen-bond acceptors (Lipinski definition) is 5. The Hall–Kier alpha value is -3.87. The summed E-state index contributed by atoms with van der Waals surface area (Å²) in [5.74, 6) is 1.12. The molecule has 2 aromatic carbocycles. The summed E-state index contributed by atoms with van der Waals surface area (Å²) in [6, 6.07) is 11.7. The molecule has 7 nitrogen and oxygen atoms in total. The van der Waals surface area contributed by atoms with Gasteiger partial charge >= 0.3 is 0 Å². The third-order valence-electron chi connectivity index (χ3n) is 6.58. The van der Waals surface area contributed by atoms with Gasteiger partial charge in [-0.1, -0.05) is 6.07 Å². The number of aromatic nitrogens is 3. The van der Waals surface area contributed by atoms with Crippen LogP contribution in [0.25, 0.3) is 16.7 Å². The fourth-order valence-electron chi connectivity index (χ4n) is 4.49. The van der Waals surface area contributed by atoms with Crippen molar-refractivity contribution >= 4 is 22.6 Å². The fourth-order valence-corrected chi connectivity index (χ4v) is 4.49. The maximum absolute atomic E-state index is 12.7. The average molecular weight is 473 g/mol. The molecule has 0 aliphatic carbocycles. The number of amides is 1. The van der Waals surface area contributed by atoms with Crippen molar-refractivity contribution in [3.05, 3.63) is 70.0 Å². The maximum Gasteiger partial charge on any atom is 0.224 e. The van der Waals surface area contributed by atoms with Crippen molar-refractivity contribution in [1.29, 1.82) is 0 Å². The summed E-state index contributed by atoms with van der Waals surface area (Å²) in [6.07, 6.45) is 0.932. The Morgan fingerprint density at radius 3 is 2.34 bits per heavy atom. The van der Waals surface area contributed by atoms with Crippen LogP contribution in [0, 0.1) is 34.6 Å². The van der Waals surface area contributed by atoms with Gasteiger partial charge in [-0.3, -0.25) is 4.79 Å². The number of hydrogen-bond donors (Lipinski definition) is 1. The van der Waals surface area contributed by atoms with E-state index >= 15 is 0 Å². The number of nitrogens with one attached hydrogen (secondary N) is 1. The lowest BCUT2D eigenvalue weighted by Crippen LogP contribution is -2.13. The van der Waals surface area contributed by atoms with Gasteiger partial charge in [0, 0.05) is 29.3 Å². The van der Waals surface area contributed by atoms with Crippen LogP contribution in [-0.4, -0.2) is 34.9 Å². The molecule has 0 atom stereocenters. The van der Waals surface area contributed by atoms with Crippen LogP contribution in [0.2, 0.25) is 0 Å². The number of rotatable bonds is 7. The molecule has 0 radical (unpaired) electrons. The lowest BCUT2D eigenvalue weighted by molar-refractivity contribution is -0.116. The minimum atomic E-state index is -0.0707. The molecule has 0 aliphatic rings. The molecule has 182 valence electrons. The molecule has 2 heterocycles. The Bertz CT molecular complexity index is 1420. The van der Waals surface area contributed by atoms with Crippen LogP contribution in [0.4, 0.5) is 5.69 Å². The van der Waals surface area contributed by atoms with E-state index in [-0.39, 0.29) is 5.91 Å². The first-order valence-corrected chi connectivity index (χ1v) is 11.7. The number of nitrogens with zero attached hydrogens (tertiary/aromatic N) is 3. The topological polar surface area (TPSA) is 78.3 Å². The number of benzene rings is 2. The van der Waals surface area contributed by atoms with Crippen molar-refractivity contribution in [2.24, 2.45) is 0 Å². The van der Waals surface area contributed by atoms with Crippen LogP contribution < -0.4 is 14.8 Å². The van der Waals surface area contributed by atoms with Gasteiger partial charge in [-0.15, -0.1) is 0 Å². The van der Waals surface area contributed by atoms with Crippen LogP contribution in [-0.2, 0) is 11.2 Å². The molecular weight excluding hydrogens is 440 g/mol. The monoisotopic (exact) mass is 472 g/mol. The molecule has 35 heavy (non-hydrogen) atoms. The second-order valence-electron chi connectivity index (χ2n) is 8.88. The molecule has 0 bridgehead atoms. The highest BCUT2D eigenvalue weighted by Gasteiger charge is 2.18. The van der Waals surface area contributed by atoms with Crippen molar-refractivity contribution < 1.29 is 14.3 Å². The van der Waals surface area contributed by atoms with Crippen LogP contribution in [0.1, 0.15) is 40.1 Å². The first-order valence-electron chi connectivity index (χ1n) is 11.7. The van der Waals surface area contributed by atoms with Gasteiger partial charge in [0.25, 0.3) is 0 Å². The lowest BCUT2D eigenvalue weighted by atomic mass is 9.99. The normalized spacial score (nSPS) is 11.1. The summed E-state index contributed by atoms with van der Waals surface area (Å²) < 4.78 is 12.5. The summed E-state index contributed by atoms with van der Waals surface area (Å²) in [5.41, 5.74) is 9.03. The van der Waals surface area contributed by atoms with Crippen molar-refractivity contribution in [3.63, 3.8) is 0 Å². The quantitative estimate of drug-likeness (QED) is 0.381. The van der Waals surface area contributed by atoms with Crippen molar-refractivity contribution in [1.82, 2.24) is 14.8 Å². The molecule has 1 amide bonds. The Balaban J connectivity index is 1.58. The number of methoxy groups -OCH3 is 2. The van der Waals surface area contributed by atoms with E-state index in [1.54, 1.807) is 32.4 Å². The zero-order valence-corrected chi connectivity index (χ0v) is 21.4. The fraction of sp³-hybridized carbons (Fsp3) is 0.321. The molecular formula is C28H32N4O3. The van der Waals surface area contributed by atoms with Gasteiger partial charge in [0.2, 0.25) is 5.91 Å². The van der Waals surface area contributed by atoms with Gasteiger partial charge in [-0.25, -0.2) is 9.67 Å². The minimum absolute atomic E-state index is 0.0707. The largest absolute Gasteiger partial charge is 0.493 e. The second kappa shape index (κ2) is 9.78. The first-order chi connectivity index (χ1) is 16.7. The van der Waals surface area contributed by atoms with Gasteiger partial charge in [0.1, 0.15) is 0 Å². The zero-order valence-electron chi connectivity index (χ0n) is 21.4. The highest BCUT2D eigenvalue weighted by atomic mass is 16.5. The predicted octanol–water partition coefficient (Wildman–Crippen LogP) is 5.55. The molecule has 0 spiro atoms. The summed E-state index contributed by atoms with van der Waals surface area (Å²) in [5, 5.41) is 8.80. The molecule has 4 aromatic rings. The second-order valence-corrected chi connectivity index (χ2v) is 8.88. The first kappa shape index (κ1) is 24.3. The van der Waals surface area contributed by atoms with E-state index in [2.05, 4.69) is 44.3 Å². The average Bonchev–Trinajstić information content (AvgIpc) is 3.16. The number of carbonyl (C=O) groups excluding carboxylic acids is 1. The van der Waals surface area contributed by atoms with E-state index < -0.39 is 0 Å². The van der Waals surface area contributed by atoms with Gasteiger partial charge in [-0.2, -0.15) is 5.10 Å². The van der Waals surface area contributed by atoms with Gasteiger partial charge in [-0.05, 0) is 87.6 Å². The summed E-state index contributed by atoms with van der Waals surface area (Å²) in [7, 11) is 3.15. The SMILES string of the molecule is COc1ccc(NC(=O)CCc2c(C)nc3c(c(C)nn3-c3ccc(C)c(C)c3)c2C)cc1OC. The van der Waals surface area contributed by atoms with Gasteiger partial charge < -0.3 is 14.8 Å². The summed E-state index contributed by atoms with van der Waals surface area (Å²) in [6.45, 7) is 10.3. The van der Waals surface area contributed by atoms with E-state index in [4.69, 9.17) is 19.6 Å². The molecule has 0 fully saturated rings. The molecule has 1 N–H and O–H groups in total. The number of fused-ring (bicyclic) bond motifs is 1. The molecule has 2 aromatic heterocycles. The van der Waals surface area contributed by atoms with E-state index in [1.165, 1.54) is 11.1 Å². The highest BCUT2D eigenvalue weighted by Crippen LogP contribution is 2.31. The van der Waals surface area contributed by atoms with Crippen LogP contribution in [0.3, 0.4) is 0 Å². The minimum Gasteiger partial charge on any atom is -0.493 e. The molecule has 0 saturated heterocycles. The molecule has 0 aliphatic heterocycles. The number of pyridine rings is 1. The predicted molar refractivity (Wildman–Crippen MR) is 139 cm³/mol. The van der Waals surface area contributed by atoms with E-state index in [0.29, 0.717) is 30.0 Å². The molecule has 0 saturated carbocycles. The Morgan fingerprint density at radius 2 is 1.66 bits per heavy atom. The third-order valence-corrected chi connectivity index (χ3v) is 6.58. The Labute approximate surface area is 206 Å². The third kappa shape index (κ3) is 4.71. The lowest BCUT2D eigenvalue weighted by Gasteiger charge is -2.13. The van der Waals surface area contributed by atoms with Crippen molar-refractivity contribution in [3.8, 4) is 17.2 Å². The highest BCUT2D eigenvalue weighted by molar-refractivity contribution is 5.91. The molecule has 0 unspecified atom stereocenters. The standard InChI is InChI=1S/C28H32N4O3/c1-16-8-10-22(14-17(16)2)32-28-27(20(5)31-32)18(3)23(19(4)29-28)11-13-26(33)30-21-9-12-24(34-6)25(15-21)35-7/h8-10,12,14-15H,11,13H2,1-7H3,(H,30,33). The summed E-state index contributed by atoms with van der Waals surface area (Å²) >= 11 is 0. The van der Waals surface area contributed by atoms with Crippen molar-refractivity contribution in [2.45, 2.75) is 47.5 Å². The number of aryl methyl sites for hydroxylation is 5. The van der Waals surface area contributed by atoms with Crippen LogP contribution in [0.15, 0.2) is 36.4 Å². The van der Waals surface area contributed by atoms with E-state index in [0.717, 1.165) is 39.2 Å². The van der Waals surface area contributed by atoms with Gasteiger partial charge in [0.15, 0.2) is 17.1 Å². The molecule has 7 heteroatoms. The smallest absolute Gasteiger partial charge is 0.224 e. The van der Waals surface area contributed by atoms with Crippen molar-refractivity contribution in [2.75, 3.05) is 19.5 Å². The van der Waals surface area contributed by atoms with E-state index in [1.807, 2.05) is 18.5 Å². The van der Waals surface area contributed by atoms with Crippen LogP contribution in [0.5, 0.6) is 11.5 Å². The number of ether oxygens (including phenoxy) is 2. The Morgan fingerprint density at radius 1 is 0.914 bits per heavy atom. The number of anilines is 1. The van der Waals surface area contributed by atoms with Gasteiger partial charge in [0.05, 0.1) is 25.6 Å². The van der Waals surface area contributed by atoms with Crippen LogP contribution >= 0.6 is 0 Å². The summed E-state index contributed by atoms with van der Waals surface area (Å²) in [4.78, 5) is 17.6. The zero-order chi connectivity index (χ0) is 25.3. The Kier molecular flexibility index (Phi) is 6.78.